The Bertz CT molecular complexity index is 8.75. The zero-order valence-corrected chi connectivity index (χ0v) is 5.32. The molecule has 0 aromatic carbocycles. The first-order valence-electron chi connectivity index (χ1n) is 0. The molecule has 0 N–H and O–H groups in total. The third kappa shape index (κ3) is 43.6. The van der Waals surface area contributed by atoms with Crippen LogP contribution < -0.4 is 37.7 Å². The van der Waals surface area contributed by atoms with Crippen LogP contribution in [-0.2, 0) is 35.9 Å². The Balaban J connectivity index is 0. The summed E-state index contributed by atoms with van der Waals surface area (Å²) in [5.74, 6) is 0. The van der Waals surface area contributed by atoms with E-state index in [-0.39, 0.29) is 73.6 Å². The van der Waals surface area contributed by atoms with Crippen molar-refractivity contribution < 1.29 is 73.6 Å². The van der Waals surface area contributed by atoms with E-state index in [0.717, 1.165) is 0 Å². The van der Waals surface area contributed by atoms with E-state index >= 15 is 0 Å². The minimum Gasteiger partial charge on any atom is -2.00 e. The van der Waals surface area contributed by atoms with Crippen LogP contribution in [0, 0.1) is 0 Å². The van der Waals surface area contributed by atoms with Gasteiger partial charge in [-0.3, -0.25) is 0 Å². The minimum atomic E-state index is 0. The smallest absolute Gasteiger partial charge is 2.00 e. The Morgan fingerprint density at radius 1 is 0.500 bits per heavy atom. The predicted octanol–water partition coefficient (Wildman–Crippen LogP) is -6.35. The Kier molecular flexibility index (Phi) is 1510. The van der Waals surface area contributed by atoms with Crippen LogP contribution in [-0.4, -0.2) is 0 Å². The summed E-state index contributed by atoms with van der Waals surface area (Å²) in [6.45, 7) is 0. The molecule has 0 rings (SSSR count). The average Bonchev–Trinajstić information content (AvgIpc) is 0. The molecule has 0 saturated heterocycles. The summed E-state index contributed by atoms with van der Waals surface area (Å²) in [6.07, 6.45) is 0. The van der Waals surface area contributed by atoms with Gasteiger partial charge in [0.15, 0.2) is 0 Å². The van der Waals surface area contributed by atoms with Gasteiger partial charge in [0.1, 0.15) is 0 Å². The molecule has 0 bridgehead atoms. The van der Waals surface area contributed by atoms with E-state index in [1.54, 1.807) is 0 Å². The van der Waals surface area contributed by atoms with Crippen molar-refractivity contribution in [2.75, 3.05) is 0 Å². The molecular formula is Li2O3Ru. The van der Waals surface area contributed by atoms with Gasteiger partial charge in [-0.25, -0.2) is 0 Å². The van der Waals surface area contributed by atoms with Crippen molar-refractivity contribution in [1.82, 2.24) is 0 Å². The molecule has 0 spiro atoms. The van der Waals surface area contributed by atoms with Gasteiger partial charge in [-0.15, -0.1) is 0 Å². The molecule has 6 heteroatoms. The fourth-order valence-corrected chi connectivity index (χ4v) is 0. The first-order valence-corrected chi connectivity index (χ1v) is 0. The van der Waals surface area contributed by atoms with Crippen molar-refractivity contribution >= 4 is 0 Å². The first kappa shape index (κ1) is 120. The molecule has 0 saturated carbocycles. The average molecular weight is 163 g/mol. The largest absolute Gasteiger partial charge is 4.00 e. The van der Waals surface area contributed by atoms with E-state index < -0.39 is 0 Å². The summed E-state index contributed by atoms with van der Waals surface area (Å²) in [5, 5.41) is 0. The van der Waals surface area contributed by atoms with E-state index in [0.29, 0.717) is 0 Å². The predicted molar refractivity (Wildman–Crippen MR) is 2.06 cm³/mol. The molecular weight excluding hydrogens is 163 g/mol. The minimum absolute atomic E-state index is 0. The second-order valence-corrected chi connectivity index (χ2v) is 0. The number of hydrogen-bond donors (Lipinski definition) is 0. The van der Waals surface area contributed by atoms with Gasteiger partial charge in [-0.1, -0.05) is 0 Å². The van der Waals surface area contributed by atoms with E-state index in [9.17, 15) is 0 Å². The summed E-state index contributed by atoms with van der Waals surface area (Å²) in [6, 6.07) is 0. The maximum atomic E-state index is 0. The fourth-order valence-electron chi connectivity index (χ4n) is 0. The Morgan fingerprint density at radius 3 is 0.500 bits per heavy atom. The second kappa shape index (κ2) is 75.4. The molecule has 0 heterocycles. The third-order valence-corrected chi connectivity index (χ3v) is 0. The monoisotopic (exact) mass is 164 g/mol. The molecule has 6 heavy (non-hydrogen) atoms. The van der Waals surface area contributed by atoms with E-state index in [1.165, 1.54) is 0 Å². The number of hydrogen-bond acceptors (Lipinski definition) is 0. The summed E-state index contributed by atoms with van der Waals surface area (Å²) in [7, 11) is 0. The van der Waals surface area contributed by atoms with Crippen molar-refractivity contribution in [3.05, 3.63) is 0 Å². The van der Waals surface area contributed by atoms with Crippen molar-refractivity contribution in [2.45, 2.75) is 0 Å². The van der Waals surface area contributed by atoms with Crippen molar-refractivity contribution in [1.29, 1.82) is 0 Å². The standard InChI is InChI=1S/2Li.3O.Ru/q2*+1;3*-2;+4. The molecule has 0 fully saturated rings. The van der Waals surface area contributed by atoms with Crippen LogP contribution in [0.5, 0.6) is 0 Å². The summed E-state index contributed by atoms with van der Waals surface area (Å²) in [4.78, 5) is 0. The van der Waals surface area contributed by atoms with Crippen LogP contribution in [0.4, 0.5) is 0 Å². The molecule has 0 atom stereocenters. The zero-order valence-electron chi connectivity index (χ0n) is 3.58. The van der Waals surface area contributed by atoms with Gasteiger partial charge in [0.2, 0.25) is 0 Å². The van der Waals surface area contributed by atoms with Gasteiger partial charge in [-0.05, 0) is 0 Å². The topological polar surface area (TPSA) is 85.5 Å². The van der Waals surface area contributed by atoms with E-state index in [4.69, 9.17) is 0 Å². The van der Waals surface area contributed by atoms with Crippen LogP contribution in [0.3, 0.4) is 0 Å². The molecule has 0 aliphatic heterocycles. The SMILES string of the molecule is [Li+].[Li+].[O-2].[O-2].[O-2].[Ru+4]. The Labute approximate surface area is 73.3 Å². The van der Waals surface area contributed by atoms with Crippen LogP contribution >= 0.6 is 0 Å². The molecule has 28 valence electrons. The van der Waals surface area contributed by atoms with Gasteiger partial charge in [-0.2, -0.15) is 0 Å². The molecule has 0 radical (unpaired) electrons. The van der Waals surface area contributed by atoms with Crippen molar-refractivity contribution in [2.24, 2.45) is 0 Å². The molecule has 0 aliphatic carbocycles. The Hall–Kier alpha value is 1.70. The summed E-state index contributed by atoms with van der Waals surface area (Å²) in [5.41, 5.74) is 0. The summed E-state index contributed by atoms with van der Waals surface area (Å²) >= 11 is 0. The van der Waals surface area contributed by atoms with Crippen LogP contribution in [0.15, 0.2) is 0 Å². The summed E-state index contributed by atoms with van der Waals surface area (Å²) < 4.78 is 0. The quantitative estimate of drug-likeness (QED) is 0.318. The first-order chi connectivity index (χ1) is 0. The maximum absolute atomic E-state index is 0. The molecule has 0 amide bonds. The van der Waals surface area contributed by atoms with Gasteiger partial charge in [0.05, 0.1) is 0 Å². The zero-order chi connectivity index (χ0) is 0. The molecule has 0 aliphatic rings. The van der Waals surface area contributed by atoms with Crippen molar-refractivity contribution in [3.8, 4) is 0 Å². The van der Waals surface area contributed by atoms with Gasteiger partial charge < -0.3 is 16.4 Å². The van der Waals surface area contributed by atoms with Gasteiger partial charge in [0.25, 0.3) is 0 Å². The van der Waals surface area contributed by atoms with E-state index in [1.807, 2.05) is 0 Å². The number of rotatable bonds is 0. The molecule has 0 unspecified atom stereocenters. The third-order valence-electron chi connectivity index (χ3n) is 0. The molecule has 0 aromatic heterocycles. The maximum Gasteiger partial charge on any atom is 4.00 e. The van der Waals surface area contributed by atoms with Gasteiger partial charge >= 0.3 is 57.2 Å². The van der Waals surface area contributed by atoms with Crippen LogP contribution in [0.2, 0.25) is 0 Å². The molecule has 0 aromatic rings. The second-order valence-electron chi connectivity index (χ2n) is 0. The molecule has 3 nitrogen and oxygen atoms in total. The van der Waals surface area contributed by atoms with Crippen LogP contribution in [0.1, 0.15) is 0 Å². The van der Waals surface area contributed by atoms with Crippen molar-refractivity contribution in [3.63, 3.8) is 0 Å². The normalized spacial score (nSPS) is 0. The van der Waals surface area contributed by atoms with Crippen LogP contribution in [0.25, 0.3) is 0 Å². The van der Waals surface area contributed by atoms with E-state index in [2.05, 4.69) is 0 Å². The fraction of sp³-hybridized carbons (Fsp3) is 0. The Morgan fingerprint density at radius 2 is 0.500 bits per heavy atom. The van der Waals surface area contributed by atoms with Gasteiger partial charge in [0, 0.05) is 0 Å².